The Morgan fingerprint density at radius 1 is 1.43 bits per heavy atom. The van der Waals surface area contributed by atoms with E-state index in [1.54, 1.807) is 13.0 Å². The molecule has 9 heteroatoms. The number of hydrogen-bond acceptors (Lipinski definition) is 5. The van der Waals surface area contributed by atoms with Crippen molar-refractivity contribution >= 4 is 34.9 Å². The number of rotatable bonds is 3. The maximum Gasteiger partial charge on any atom is 0.235 e. The summed E-state index contributed by atoms with van der Waals surface area (Å²) in [5.41, 5.74) is -0.511. The molecule has 2 amide bonds. The number of amides is 2. The van der Waals surface area contributed by atoms with Crippen LogP contribution in [0.3, 0.4) is 0 Å². The first-order chi connectivity index (χ1) is 13.4. The lowest BCUT2D eigenvalue weighted by atomic mass is 9.77. The molecule has 0 saturated carbocycles. The lowest BCUT2D eigenvalue weighted by Crippen LogP contribution is -2.41. The predicted octanol–water partition coefficient (Wildman–Crippen LogP) is 2.70. The average molecular weight is 404 g/mol. The number of hydrogen-bond donors (Lipinski definition) is 1. The van der Waals surface area contributed by atoms with Crippen LogP contribution in [0.4, 0.5) is 15.9 Å². The summed E-state index contributed by atoms with van der Waals surface area (Å²) >= 11 is 5.78. The van der Waals surface area contributed by atoms with Crippen LogP contribution in [0, 0.1) is 24.6 Å². The highest BCUT2D eigenvalue weighted by atomic mass is 35.5. The smallest absolute Gasteiger partial charge is 0.235 e. The molecule has 0 radical (unpaired) electrons. The van der Waals surface area contributed by atoms with Crippen LogP contribution in [0.25, 0.3) is 0 Å². The molecule has 2 aromatic rings. The number of carbonyl (C=O) groups is 2. The van der Waals surface area contributed by atoms with Crippen LogP contribution in [-0.2, 0) is 14.3 Å². The zero-order chi connectivity index (χ0) is 19.6. The number of fused-ring (bicyclic) bond motifs is 1. The minimum Gasteiger partial charge on any atom is -0.360 e. The highest BCUT2D eigenvalue weighted by molar-refractivity contribution is 6.31. The van der Waals surface area contributed by atoms with Crippen molar-refractivity contribution in [3.05, 3.63) is 53.0 Å². The molecule has 2 fully saturated rings. The lowest BCUT2D eigenvalue weighted by Gasteiger charge is -2.23. The summed E-state index contributed by atoms with van der Waals surface area (Å²) < 4.78 is 24.5. The standard InChI is InChI=1S/C19H15ClFN3O4/c1-9-6-14(23-28-9)24-8-19-5-4-13(27-19)15(16(19)18(24)26)17(25)22-10-2-3-12(21)11(20)7-10/h2-7,13,15-16H,8H2,1H3,(H,22,25)/t13-,15+,16+,19-/m0/s1. The van der Waals surface area contributed by atoms with E-state index in [-0.39, 0.29) is 23.4 Å². The summed E-state index contributed by atoms with van der Waals surface area (Å²) in [6, 6.07) is 5.59. The molecule has 1 aromatic carbocycles. The van der Waals surface area contributed by atoms with Gasteiger partial charge in [-0.15, -0.1) is 0 Å². The van der Waals surface area contributed by atoms with Gasteiger partial charge >= 0.3 is 0 Å². The Bertz CT molecular complexity index is 1040. The van der Waals surface area contributed by atoms with Gasteiger partial charge in [0, 0.05) is 11.8 Å². The molecule has 5 rings (SSSR count). The number of anilines is 2. The van der Waals surface area contributed by atoms with Gasteiger partial charge < -0.3 is 14.6 Å². The van der Waals surface area contributed by atoms with Gasteiger partial charge in [-0.25, -0.2) is 4.39 Å². The van der Waals surface area contributed by atoms with Crippen molar-refractivity contribution in [3.63, 3.8) is 0 Å². The number of carbonyl (C=O) groups excluding carboxylic acids is 2. The second-order valence-electron chi connectivity index (χ2n) is 7.24. The second-order valence-corrected chi connectivity index (χ2v) is 7.65. The van der Waals surface area contributed by atoms with Crippen molar-refractivity contribution in [2.45, 2.75) is 18.6 Å². The molecule has 0 aliphatic carbocycles. The fraction of sp³-hybridized carbons (Fsp3) is 0.316. The summed E-state index contributed by atoms with van der Waals surface area (Å²) in [6.45, 7) is 2.00. The Labute approximate surface area is 164 Å². The molecule has 2 bridgehead atoms. The van der Waals surface area contributed by atoms with Crippen LogP contribution in [-0.4, -0.2) is 35.2 Å². The molecule has 144 valence electrons. The van der Waals surface area contributed by atoms with Gasteiger partial charge in [0.05, 0.1) is 29.5 Å². The molecular formula is C19H15ClFN3O4. The lowest BCUT2D eigenvalue weighted by molar-refractivity contribution is -0.128. The Morgan fingerprint density at radius 2 is 2.25 bits per heavy atom. The van der Waals surface area contributed by atoms with Gasteiger partial charge in [-0.3, -0.25) is 14.5 Å². The molecule has 0 unspecified atom stereocenters. The zero-order valence-corrected chi connectivity index (χ0v) is 15.4. The first-order valence-electron chi connectivity index (χ1n) is 8.76. The van der Waals surface area contributed by atoms with Crippen molar-refractivity contribution < 1.29 is 23.2 Å². The van der Waals surface area contributed by atoms with Crippen LogP contribution >= 0.6 is 11.6 Å². The topological polar surface area (TPSA) is 84.7 Å². The third-order valence-corrected chi connectivity index (χ3v) is 5.77. The maximum absolute atomic E-state index is 13.4. The number of ether oxygens (including phenoxy) is 1. The minimum absolute atomic E-state index is 0.0946. The summed E-state index contributed by atoms with van der Waals surface area (Å²) in [7, 11) is 0. The van der Waals surface area contributed by atoms with Gasteiger partial charge in [-0.05, 0) is 25.1 Å². The van der Waals surface area contributed by atoms with E-state index in [2.05, 4.69) is 10.5 Å². The monoisotopic (exact) mass is 403 g/mol. The SMILES string of the molecule is Cc1cc(N2C[C@]34C=C[C@H](O3)[C@@H](C(=O)Nc3ccc(F)c(Cl)c3)[C@@H]4C2=O)no1. The Kier molecular flexibility index (Phi) is 3.66. The normalized spacial score (nSPS) is 30.2. The molecule has 3 aliphatic rings. The van der Waals surface area contributed by atoms with Gasteiger partial charge in [-0.2, -0.15) is 0 Å². The molecule has 2 saturated heterocycles. The van der Waals surface area contributed by atoms with E-state index >= 15 is 0 Å². The van der Waals surface area contributed by atoms with Gasteiger partial charge in [0.1, 0.15) is 17.2 Å². The first kappa shape index (κ1) is 17.4. The zero-order valence-electron chi connectivity index (χ0n) is 14.7. The van der Waals surface area contributed by atoms with E-state index in [0.29, 0.717) is 17.3 Å². The largest absolute Gasteiger partial charge is 0.360 e. The molecule has 1 aromatic heterocycles. The average Bonchev–Trinajstić information content (AvgIpc) is 3.39. The molecule has 1 N–H and O–H groups in total. The molecule has 4 heterocycles. The second kappa shape index (κ2) is 5.89. The first-order valence-corrected chi connectivity index (χ1v) is 9.13. The van der Waals surface area contributed by atoms with E-state index in [1.165, 1.54) is 23.1 Å². The van der Waals surface area contributed by atoms with Crippen molar-refractivity contribution in [3.8, 4) is 0 Å². The molecule has 28 heavy (non-hydrogen) atoms. The van der Waals surface area contributed by atoms with Crippen molar-refractivity contribution in [1.82, 2.24) is 5.16 Å². The van der Waals surface area contributed by atoms with Crippen LogP contribution in [0.1, 0.15) is 5.76 Å². The predicted molar refractivity (Wildman–Crippen MR) is 97.4 cm³/mol. The number of nitrogens with one attached hydrogen (secondary N) is 1. The Morgan fingerprint density at radius 3 is 2.96 bits per heavy atom. The van der Waals surface area contributed by atoms with Crippen molar-refractivity contribution in [2.75, 3.05) is 16.8 Å². The number of aryl methyl sites for hydroxylation is 1. The fourth-order valence-electron chi connectivity index (χ4n) is 4.27. The van der Waals surface area contributed by atoms with E-state index < -0.39 is 29.4 Å². The molecule has 4 atom stereocenters. The molecule has 1 spiro atoms. The molecule has 3 aliphatic heterocycles. The van der Waals surface area contributed by atoms with Gasteiger partial charge in [0.25, 0.3) is 0 Å². The summed E-state index contributed by atoms with van der Waals surface area (Å²) in [6.07, 6.45) is 3.17. The van der Waals surface area contributed by atoms with Crippen LogP contribution in [0.15, 0.2) is 40.9 Å². The Hall–Kier alpha value is -2.71. The van der Waals surface area contributed by atoms with E-state index in [9.17, 15) is 14.0 Å². The summed E-state index contributed by atoms with van der Waals surface area (Å²) in [5.74, 6) is -1.59. The van der Waals surface area contributed by atoms with E-state index in [0.717, 1.165) is 0 Å². The third-order valence-electron chi connectivity index (χ3n) is 5.48. The number of nitrogens with zero attached hydrogens (tertiary/aromatic N) is 2. The van der Waals surface area contributed by atoms with Gasteiger partial charge in [0.15, 0.2) is 5.82 Å². The van der Waals surface area contributed by atoms with E-state index in [4.69, 9.17) is 20.9 Å². The highest BCUT2D eigenvalue weighted by Gasteiger charge is 2.67. The van der Waals surface area contributed by atoms with Gasteiger partial charge in [0.2, 0.25) is 11.8 Å². The maximum atomic E-state index is 13.4. The third kappa shape index (κ3) is 2.41. The van der Waals surface area contributed by atoms with Gasteiger partial charge in [-0.1, -0.05) is 28.9 Å². The number of benzene rings is 1. The minimum atomic E-state index is -0.864. The van der Waals surface area contributed by atoms with E-state index in [1.807, 2.05) is 12.2 Å². The quantitative estimate of drug-likeness (QED) is 0.796. The molecular weight excluding hydrogens is 389 g/mol. The van der Waals surface area contributed by atoms with Crippen LogP contribution < -0.4 is 10.2 Å². The number of halogens is 2. The van der Waals surface area contributed by atoms with Crippen LogP contribution in [0.2, 0.25) is 5.02 Å². The number of aromatic nitrogens is 1. The van der Waals surface area contributed by atoms with Crippen LogP contribution in [0.5, 0.6) is 0 Å². The fourth-order valence-corrected chi connectivity index (χ4v) is 4.45. The van der Waals surface area contributed by atoms with Crippen molar-refractivity contribution in [1.29, 1.82) is 0 Å². The van der Waals surface area contributed by atoms with Crippen molar-refractivity contribution in [2.24, 2.45) is 11.8 Å². The summed E-state index contributed by atoms with van der Waals surface area (Å²) in [5, 5.41) is 6.53. The summed E-state index contributed by atoms with van der Waals surface area (Å²) in [4.78, 5) is 27.6. The Balaban J connectivity index is 1.43. The molecule has 7 nitrogen and oxygen atoms in total. The highest BCUT2D eigenvalue weighted by Crippen LogP contribution is 2.52.